The van der Waals surface area contributed by atoms with E-state index in [1.165, 1.54) is 0 Å². The summed E-state index contributed by atoms with van der Waals surface area (Å²) >= 11 is 3.42. The third-order valence-electron chi connectivity index (χ3n) is 3.80. The van der Waals surface area contributed by atoms with Crippen LogP contribution in [-0.4, -0.2) is 46.8 Å². The predicted octanol–water partition coefficient (Wildman–Crippen LogP) is 1.73. The highest BCUT2D eigenvalue weighted by atomic mass is 79.9. The average Bonchev–Trinajstić information content (AvgIpc) is 2.72. The van der Waals surface area contributed by atoms with Gasteiger partial charge in [0, 0.05) is 6.04 Å². The van der Waals surface area contributed by atoms with Crippen molar-refractivity contribution in [1.82, 2.24) is 20.0 Å². The zero-order valence-electron chi connectivity index (χ0n) is 11.7. The van der Waals surface area contributed by atoms with Crippen molar-refractivity contribution in [1.29, 1.82) is 0 Å². The minimum Gasteiger partial charge on any atom is -0.351 e. The predicted molar refractivity (Wildman–Crippen MR) is 78.0 cm³/mol. The maximum atomic E-state index is 12.3. The fourth-order valence-corrected chi connectivity index (χ4v) is 2.65. The maximum Gasteiger partial charge on any atom is 0.244 e. The Kier molecular flexibility index (Phi) is 4.62. The van der Waals surface area contributed by atoms with E-state index in [0.717, 1.165) is 36.1 Å². The van der Waals surface area contributed by atoms with E-state index in [1.54, 1.807) is 10.9 Å². The third kappa shape index (κ3) is 3.36. The van der Waals surface area contributed by atoms with E-state index in [0.29, 0.717) is 6.04 Å². The fourth-order valence-electron chi connectivity index (χ4n) is 2.38. The van der Waals surface area contributed by atoms with Gasteiger partial charge in [0.05, 0.1) is 16.4 Å². The van der Waals surface area contributed by atoms with Crippen LogP contribution >= 0.6 is 15.9 Å². The Bertz CT molecular complexity index is 451. The second kappa shape index (κ2) is 6.05. The number of carbonyl (C=O) groups is 1. The van der Waals surface area contributed by atoms with Crippen molar-refractivity contribution >= 4 is 21.8 Å². The molecule has 0 radical (unpaired) electrons. The molecular formula is C13H21BrN4O. The Morgan fingerprint density at radius 2 is 2.16 bits per heavy atom. The van der Waals surface area contributed by atoms with Crippen molar-refractivity contribution in [2.75, 3.05) is 20.1 Å². The number of aromatic nitrogens is 2. The van der Waals surface area contributed by atoms with Gasteiger partial charge in [-0.05, 0) is 62.8 Å². The molecule has 0 bridgehead atoms. The van der Waals surface area contributed by atoms with E-state index in [2.05, 4.69) is 38.3 Å². The van der Waals surface area contributed by atoms with Gasteiger partial charge in [-0.3, -0.25) is 9.48 Å². The average molecular weight is 329 g/mol. The molecule has 1 aliphatic heterocycles. The van der Waals surface area contributed by atoms with Crippen LogP contribution in [0.2, 0.25) is 0 Å². The number of nitrogens with one attached hydrogen (secondary N) is 1. The molecular weight excluding hydrogens is 308 g/mol. The zero-order valence-corrected chi connectivity index (χ0v) is 13.3. The molecule has 19 heavy (non-hydrogen) atoms. The summed E-state index contributed by atoms with van der Waals surface area (Å²) in [5.74, 6) is 0.0493. The van der Waals surface area contributed by atoms with Crippen LogP contribution in [0.5, 0.6) is 0 Å². The molecule has 1 atom stereocenters. The number of piperidine rings is 1. The molecule has 0 aliphatic carbocycles. The van der Waals surface area contributed by atoms with Crippen molar-refractivity contribution in [3.63, 3.8) is 0 Å². The number of likely N-dealkylation sites (tertiary alicyclic amines) is 1. The molecule has 5 nitrogen and oxygen atoms in total. The summed E-state index contributed by atoms with van der Waals surface area (Å²) in [4.78, 5) is 14.5. The monoisotopic (exact) mass is 328 g/mol. The van der Waals surface area contributed by atoms with Crippen molar-refractivity contribution in [2.45, 2.75) is 38.8 Å². The van der Waals surface area contributed by atoms with E-state index >= 15 is 0 Å². The first-order chi connectivity index (χ1) is 8.99. The van der Waals surface area contributed by atoms with Gasteiger partial charge in [0.25, 0.3) is 0 Å². The first-order valence-corrected chi connectivity index (χ1v) is 7.47. The summed E-state index contributed by atoms with van der Waals surface area (Å²) in [5.41, 5.74) is 0.978. The van der Waals surface area contributed by atoms with E-state index in [4.69, 9.17) is 0 Å². The Balaban J connectivity index is 1.94. The van der Waals surface area contributed by atoms with Crippen LogP contribution in [0.4, 0.5) is 0 Å². The van der Waals surface area contributed by atoms with Crippen LogP contribution in [0.3, 0.4) is 0 Å². The highest BCUT2D eigenvalue weighted by molar-refractivity contribution is 9.10. The number of hydrogen-bond acceptors (Lipinski definition) is 3. The van der Waals surface area contributed by atoms with Crippen LogP contribution in [-0.2, 0) is 4.79 Å². The molecule has 1 unspecified atom stereocenters. The van der Waals surface area contributed by atoms with Crippen molar-refractivity contribution in [2.24, 2.45) is 0 Å². The minimum atomic E-state index is -0.272. The number of hydrogen-bond donors (Lipinski definition) is 1. The van der Waals surface area contributed by atoms with Gasteiger partial charge in [0.15, 0.2) is 0 Å². The molecule has 0 aromatic carbocycles. The van der Waals surface area contributed by atoms with Crippen molar-refractivity contribution < 1.29 is 4.79 Å². The normalized spacial score (nSPS) is 19.4. The number of nitrogens with zero attached hydrogens (tertiary/aromatic N) is 3. The Morgan fingerprint density at radius 3 is 2.68 bits per heavy atom. The van der Waals surface area contributed by atoms with Crippen LogP contribution in [0.25, 0.3) is 0 Å². The van der Waals surface area contributed by atoms with Gasteiger partial charge >= 0.3 is 0 Å². The van der Waals surface area contributed by atoms with Crippen LogP contribution < -0.4 is 5.32 Å². The van der Waals surface area contributed by atoms with Crippen molar-refractivity contribution in [3.8, 4) is 0 Å². The molecule has 1 aromatic heterocycles. The third-order valence-corrected chi connectivity index (χ3v) is 4.57. The summed E-state index contributed by atoms with van der Waals surface area (Å²) in [7, 11) is 2.12. The molecule has 0 saturated carbocycles. The van der Waals surface area contributed by atoms with Gasteiger partial charge < -0.3 is 10.2 Å². The number of halogens is 1. The van der Waals surface area contributed by atoms with E-state index in [1.807, 2.05) is 13.8 Å². The first kappa shape index (κ1) is 14.5. The molecule has 1 aliphatic rings. The summed E-state index contributed by atoms with van der Waals surface area (Å²) in [6, 6.07) is 0.0245. The van der Waals surface area contributed by atoms with Crippen LogP contribution in [0.1, 0.15) is 31.5 Å². The second-order valence-corrected chi connectivity index (χ2v) is 6.14. The van der Waals surface area contributed by atoms with Crippen molar-refractivity contribution in [3.05, 3.63) is 16.4 Å². The number of rotatable bonds is 3. The molecule has 1 aromatic rings. The number of carbonyl (C=O) groups excluding carboxylic acids is 1. The second-order valence-electron chi connectivity index (χ2n) is 5.28. The van der Waals surface area contributed by atoms with Gasteiger partial charge in [0.2, 0.25) is 5.91 Å². The molecule has 106 valence electrons. The minimum absolute atomic E-state index is 0.0493. The quantitative estimate of drug-likeness (QED) is 0.919. The zero-order chi connectivity index (χ0) is 14.0. The van der Waals surface area contributed by atoms with Crippen LogP contribution in [0.15, 0.2) is 10.7 Å². The molecule has 1 N–H and O–H groups in total. The smallest absolute Gasteiger partial charge is 0.244 e. The Morgan fingerprint density at radius 1 is 1.53 bits per heavy atom. The lowest BCUT2D eigenvalue weighted by atomic mass is 10.1. The SMILES string of the molecule is Cc1c(Br)cnn1C(C)C(=O)NC1CCN(C)CC1. The van der Waals surface area contributed by atoms with Gasteiger partial charge in [-0.1, -0.05) is 0 Å². The molecule has 1 fully saturated rings. The highest BCUT2D eigenvalue weighted by Crippen LogP contribution is 2.19. The lowest BCUT2D eigenvalue weighted by Crippen LogP contribution is -2.45. The van der Waals surface area contributed by atoms with Gasteiger partial charge in [-0.25, -0.2) is 0 Å². The molecule has 1 amide bonds. The molecule has 0 spiro atoms. The van der Waals surface area contributed by atoms with E-state index < -0.39 is 0 Å². The summed E-state index contributed by atoms with van der Waals surface area (Å²) in [6.07, 6.45) is 3.78. The van der Waals surface area contributed by atoms with E-state index in [9.17, 15) is 4.79 Å². The summed E-state index contributed by atoms with van der Waals surface area (Å²) < 4.78 is 2.69. The topological polar surface area (TPSA) is 50.2 Å². The number of amides is 1. The lowest BCUT2D eigenvalue weighted by molar-refractivity contribution is -0.125. The molecule has 2 heterocycles. The van der Waals surface area contributed by atoms with Gasteiger partial charge in [0.1, 0.15) is 6.04 Å². The first-order valence-electron chi connectivity index (χ1n) is 6.67. The summed E-state index contributed by atoms with van der Waals surface area (Å²) in [6.45, 7) is 5.94. The molecule has 1 saturated heterocycles. The highest BCUT2D eigenvalue weighted by Gasteiger charge is 2.23. The standard InChI is InChI=1S/C13H21BrN4O/c1-9-12(14)8-15-18(9)10(2)13(19)16-11-4-6-17(3)7-5-11/h8,10-11H,4-7H2,1-3H3,(H,16,19). The lowest BCUT2D eigenvalue weighted by Gasteiger charge is -2.30. The fraction of sp³-hybridized carbons (Fsp3) is 0.692. The Hall–Kier alpha value is -0.880. The molecule has 2 rings (SSSR count). The van der Waals surface area contributed by atoms with E-state index in [-0.39, 0.29) is 11.9 Å². The summed E-state index contributed by atoms with van der Waals surface area (Å²) in [5, 5.41) is 7.37. The maximum absolute atomic E-state index is 12.3. The molecule has 6 heteroatoms. The Labute approximate surface area is 122 Å². The largest absolute Gasteiger partial charge is 0.351 e. The van der Waals surface area contributed by atoms with Crippen LogP contribution in [0, 0.1) is 6.92 Å². The van der Waals surface area contributed by atoms with Gasteiger partial charge in [-0.15, -0.1) is 0 Å². The van der Waals surface area contributed by atoms with Gasteiger partial charge in [-0.2, -0.15) is 5.10 Å².